The summed E-state index contributed by atoms with van der Waals surface area (Å²) < 4.78 is 0. The number of hydrogen-bond acceptors (Lipinski definition) is 1. The maximum atomic E-state index is 8.56. The average molecular weight is 164 g/mol. The van der Waals surface area contributed by atoms with Gasteiger partial charge < -0.3 is 14.5 Å². The molecule has 0 aromatic carbocycles. The van der Waals surface area contributed by atoms with E-state index in [9.17, 15) is 0 Å². The van der Waals surface area contributed by atoms with Crippen molar-refractivity contribution in [2.45, 2.75) is 0 Å². The van der Waals surface area contributed by atoms with Crippen molar-refractivity contribution >= 4 is 43.9 Å². The molecule has 0 aliphatic rings. The molecule has 0 unspecified atom stereocenters. The normalized spacial score (nSPS) is 3.43. The third kappa shape index (κ3) is 68.5. The van der Waals surface area contributed by atoms with E-state index < -0.39 is 6.16 Å². The molecule has 0 aromatic rings. The van der Waals surface area contributed by atoms with Gasteiger partial charge in [-0.15, -0.1) is 0 Å². The zero-order valence-electron chi connectivity index (χ0n) is 6.92. The zero-order chi connectivity index (χ0) is 3.58. The third-order valence-electron chi connectivity index (χ3n) is 0. The van der Waals surface area contributed by atoms with Gasteiger partial charge in [0.05, 0.1) is 0 Å². The summed E-state index contributed by atoms with van der Waals surface area (Å²) in [5.41, 5.74) is 0. The van der Waals surface area contributed by atoms with Crippen LogP contribution in [-0.4, -0.2) is 54.1 Å². The standard InChI is InChI=1S/CH2O3.Ca.FH.K.3H/c2-1(3)4;;;;;;/h(H2,2,3,4);;1H;;;;/q;+2;;+1;3*-1. The summed E-state index contributed by atoms with van der Waals surface area (Å²) in [6.45, 7) is 0. The quantitative estimate of drug-likeness (QED) is 0.384. The van der Waals surface area contributed by atoms with Gasteiger partial charge >= 0.3 is 95.3 Å². The predicted molar refractivity (Wildman–Crippen MR) is 22.2 cm³/mol. The first kappa shape index (κ1) is 23.0. The number of hydrogen-bond donors (Lipinski definition) is 2. The molecule has 0 saturated carbocycles. The Labute approximate surface area is 117 Å². The van der Waals surface area contributed by atoms with E-state index in [0.29, 0.717) is 0 Å². The fraction of sp³-hybridized carbons (Fsp3) is 0. The second kappa shape index (κ2) is 15.7. The molecule has 0 saturated heterocycles. The van der Waals surface area contributed by atoms with Gasteiger partial charge in [0.2, 0.25) is 0 Å². The fourth-order valence-corrected chi connectivity index (χ4v) is 0. The van der Waals surface area contributed by atoms with Crippen molar-refractivity contribution in [3.63, 3.8) is 0 Å². The monoisotopic (exact) mass is 164 g/mol. The molecule has 0 rings (SSSR count). The van der Waals surface area contributed by atoms with Crippen molar-refractivity contribution < 1.29 is 75.4 Å². The van der Waals surface area contributed by atoms with Gasteiger partial charge in [-0.2, -0.15) is 0 Å². The Morgan fingerprint density at radius 2 is 1.43 bits per heavy atom. The van der Waals surface area contributed by atoms with Crippen LogP contribution in [0.5, 0.6) is 0 Å². The van der Waals surface area contributed by atoms with Crippen molar-refractivity contribution in [3.8, 4) is 0 Å². The Hall–Kier alpha value is 2.10. The van der Waals surface area contributed by atoms with Gasteiger partial charge in [0.25, 0.3) is 0 Å². The number of carbonyl (C=O) groups is 1. The molecule has 0 spiro atoms. The van der Waals surface area contributed by atoms with E-state index in [1.54, 1.807) is 0 Å². The third-order valence-corrected chi connectivity index (χ3v) is 0. The van der Waals surface area contributed by atoms with Crippen LogP contribution in [-0.2, 0) is 0 Å². The SMILES string of the molecule is F.O=C(O)O.[Ca+2].[H-].[H-].[H-].[K+]. The smallest absolute Gasteiger partial charge is 1.00 e. The van der Waals surface area contributed by atoms with E-state index in [4.69, 9.17) is 15.0 Å². The maximum Gasteiger partial charge on any atom is 2.00 e. The second-order valence-corrected chi connectivity index (χ2v) is 0.283. The maximum absolute atomic E-state index is 8.56. The molecule has 0 aliphatic carbocycles. The van der Waals surface area contributed by atoms with Gasteiger partial charge in [-0.25, -0.2) is 4.79 Å². The molecule has 2 N–H and O–H groups in total. The van der Waals surface area contributed by atoms with E-state index in [0.717, 1.165) is 0 Å². The molecule has 0 aromatic heterocycles. The van der Waals surface area contributed by atoms with Crippen molar-refractivity contribution in [1.29, 1.82) is 0 Å². The molecule has 0 heterocycles. The van der Waals surface area contributed by atoms with E-state index in [2.05, 4.69) is 0 Å². The Kier molecular flexibility index (Phi) is 51.5. The number of halogens is 1. The van der Waals surface area contributed by atoms with Crippen LogP contribution in [0.25, 0.3) is 0 Å². The van der Waals surface area contributed by atoms with Crippen LogP contribution in [0.15, 0.2) is 0 Å². The van der Waals surface area contributed by atoms with Crippen LogP contribution in [0.3, 0.4) is 0 Å². The van der Waals surface area contributed by atoms with Gasteiger partial charge in [-0.05, 0) is 0 Å². The Morgan fingerprint density at radius 3 is 1.43 bits per heavy atom. The zero-order valence-corrected chi connectivity index (χ0v) is 9.25. The Bertz CT molecular complexity index is 46.7. The van der Waals surface area contributed by atoms with Crippen LogP contribution in [0.4, 0.5) is 9.50 Å². The molecule has 0 aliphatic heterocycles. The van der Waals surface area contributed by atoms with Gasteiger partial charge in [0.15, 0.2) is 0 Å². The second-order valence-electron chi connectivity index (χ2n) is 0.283. The summed E-state index contributed by atoms with van der Waals surface area (Å²) in [7, 11) is 0. The van der Waals surface area contributed by atoms with Crippen molar-refractivity contribution in [2.75, 3.05) is 0 Å². The summed E-state index contributed by atoms with van der Waals surface area (Å²) >= 11 is 0. The van der Waals surface area contributed by atoms with Gasteiger partial charge in [-0.1, -0.05) is 0 Å². The molecular weight excluding hydrogens is 158 g/mol. The molecule has 7 heavy (non-hydrogen) atoms. The van der Waals surface area contributed by atoms with Gasteiger partial charge in [0, 0.05) is 0 Å². The summed E-state index contributed by atoms with van der Waals surface area (Å²) in [6.07, 6.45) is -1.83. The molecule has 38 valence electrons. The molecular formula is CH6CaFKO3. The summed E-state index contributed by atoms with van der Waals surface area (Å²) in [5, 5.41) is 13.9. The Balaban J connectivity index is -0.00000000300. The van der Waals surface area contributed by atoms with Gasteiger partial charge in [0.1, 0.15) is 0 Å². The number of carboxylic acid groups (broad SMARTS) is 2. The number of rotatable bonds is 0. The molecule has 0 fully saturated rings. The van der Waals surface area contributed by atoms with Crippen LogP contribution in [0.2, 0.25) is 0 Å². The van der Waals surface area contributed by atoms with Crippen LogP contribution >= 0.6 is 0 Å². The average Bonchev–Trinajstić information content (AvgIpc) is 0.811. The molecule has 0 amide bonds. The minimum Gasteiger partial charge on any atom is -1.00 e. The molecule has 0 atom stereocenters. The first-order valence-corrected chi connectivity index (χ1v) is 0.651. The van der Waals surface area contributed by atoms with Crippen LogP contribution in [0.1, 0.15) is 4.28 Å². The molecule has 6 heteroatoms. The van der Waals surface area contributed by atoms with Crippen molar-refractivity contribution in [2.24, 2.45) is 0 Å². The topological polar surface area (TPSA) is 57.5 Å². The van der Waals surface area contributed by atoms with Gasteiger partial charge in [-0.3, -0.25) is 4.70 Å². The minimum atomic E-state index is -1.83. The van der Waals surface area contributed by atoms with E-state index in [1.165, 1.54) is 0 Å². The Morgan fingerprint density at radius 1 is 1.43 bits per heavy atom. The van der Waals surface area contributed by atoms with E-state index >= 15 is 0 Å². The van der Waals surface area contributed by atoms with Crippen molar-refractivity contribution in [1.82, 2.24) is 0 Å². The molecule has 3 nitrogen and oxygen atoms in total. The van der Waals surface area contributed by atoms with Crippen molar-refractivity contribution in [3.05, 3.63) is 0 Å². The molecule has 0 bridgehead atoms. The first-order chi connectivity index (χ1) is 1.73. The minimum absolute atomic E-state index is 0. The fourth-order valence-electron chi connectivity index (χ4n) is 0. The van der Waals surface area contributed by atoms with E-state index in [1.807, 2.05) is 0 Å². The van der Waals surface area contributed by atoms with E-state index in [-0.39, 0.29) is 98.1 Å². The summed E-state index contributed by atoms with van der Waals surface area (Å²) in [5.74, 6) is 0. The molecule has 0 radical (unpaired) electrons. The first-order valence-electron chi connectivity index (χ1n) is 0.651. The summed E-state index contributed by atoms with van der Waals surface area (Å²) in [6, 6.07) is 0. The van der Waals surface area contributed by atoms with Crippen LogP contribution in [0, 0.1) is 0 Å². The summed E-state index contributed by atoms with van der Waals surface area (Å²) in [4.78, 5) is 8.56. The predicted octanol–water partition coefficient (Wildman–Crippen LogP) is -2.66. The van der Waals surface area contributed by atoms with Crippen LogP contribution < -0.4 is 51.4 Å². The largest absolute Gasteiger partial charge is 2.00 e.